The number of ether oxygens (including phenoxy) is 2. The highest BCUT2D eigenvalue weighted by atomic mass is 16.5. The van der Waals surface area contributed by atoms with E-state index in [1.54, 1.807) is 16.7 Å². The van der Waals surface area contributed by atoms with Crippen LogP contribution in [0.5, 0.6) is 5.75 Å². The molecule has 7 heteroatoms. The maximum absolute atomic E-state index is 11.8. The molecule has 1 aliphatic rings. The van der Waals surface area contributed by atoms with Gasteiger partial charge in [-0.15, -0.1) is 0 Å². The Balaban J connectivity index is 1.50. The van der Waals surface area contributed by atoms with Gasteiger partial charge in [-0.2, -0.15) is 0 Å². The number of pyridine rings is 1. The first kappa shape index (κ1) is 23.9. The van der Waals surface area contributed by atoms with E-state index in [2.05, 4.69) is 42.7 Å². The number of aliphatic imine (C=N–C) groups is 1. The minimum Gasteiger partial charge on any atom is -0.493 e. The molecule has 0 saturated carbocycles. The molecule has 174 valence electrons. The van der Waals surface area contributed by atoms with Gasteiger partial charge >= 0.3 is 0 Å². The third kappa shape index (κ3) is 7.71. The molecule has 7 nitrogen and oxygen atoms in total. The van der Waals surface area contributed by atoms with E-state index in [-0.39, 0.29) is 5.56 Å². The van der Waals surface area contributed by atoms with Crippen molar-refractivity contribution in [3.8, 4) is 5.75 Å². The molecular formula is C25H36N4O3. The Labute approximate surface area is 190 Å². The number of guanidine groups is 1. The van der Waals surface area contributed by atoms with Crippen molar-refractivity contribution >= 4 is 5.96 Å². The summed E-state index contributed by atoms with van der Waals surface area (Å²) in [7, 11) is 0. The fourth-order valence-electron chi connectivity index (χ4n) is 3.61. The number of aromatic nitrogens is 1. The molecule has 2 aromatic rings. The Morgan fingerprint density at radius 2 is 2.16 bits per heavy atom. The predicted octanol–water partition coefficient (Wildman–Crippen LogP) is 3.11. The fraction of sp³-hybridized carbons (Fsp3) is 0.520. The highest BCUT2D eigenvalue weighted by Gasteiger charge is 2.17. The topological polar surface area (TPSA) is 76.9 Å². The average molecular weight is 441 g/mol. The first-order chi connectivity index (χ1) is 15.7. The van der Waals surface area contributed by atoms with Gasteiger partial charge < -0.3 is 24.7 Å². The van der Waals surface area contributed by atoms with Crippen molar-refractivity contribution in [3.63, 3.8) is 0 Å². The van der Waals surface area contributed by atoms with Crippen LogP contribution < -0.4 is 20.9 Å². The van der Waals surface area contributed by atoms with E-state index in [1.807, 2.05) is 12.3 Å². The van der Waals surface area contributed by atoms with Crippen LogP contribution in [0.2, 0.25) is 0 Å². The number of rotatable bonds is 11. The summed E-state index contributed by atoms with van der Waals surface area (Å²) in [6.07, 6.45) is 4.78. The Hall–Kier alpha value is -2.80. The van der Waals surface area contributed by atoms with Crippen LogP contribution in [0.15, 0.2) is 52.4 Å². The lowest BCUT2D eigenvalue weighted by Crippen LogP contribution is -2.37. The van der Waals surface area contributed by atoms with E-state index >= 15 is 0 Å². The van der Waals surface area contributed by atoms with Crippen molar-refractivity contribution < 1.29 is 9.47 Å². The average Bonchev–Trinajstić information content (AvgIpc) is 3.31. The van der Waals surface area contributed by atoms with Gasteiger partial charge in [-0.25, -0.2) is 4.99 Å². The molecule has 0 bridgehead atoms. The zero-order valence-electron chi connectivity index (χ0n) is 19.3. The summed E-state index contributed by atoms with van der Waals surface area (Å²) in [5.41, 5.74) is 2.31. The van der Waals surface area contributed by atoms with Crippen LogP contribution in [0.4, 0.5) is 0 Å². The number of nitrogens with zero attached hydrogens (tertiary/aromatic N) is 2. The smallest absolute Gasteiger partial charge is 0.250 e. The van der Waals surface area contributed by atoms with Crippen LogP contribution in [0.3, 0.4) is 0 Å². The third-order valence-corrected chi connectivity index (χ3v) is 5.49. The summed E-state index contributed by atoms with van der Waals surface area (Å²) in [6, 6.07) is 11.5. The molecule has 0 radical (unpaired) electrons. The Bertz CT molecular complexity index is 919. The molecule has 1 atom stereocenters. The lowest BCUT2D eigenvalue weighted by Gasteiger charge is -2.15. The Kier molecular flexibility index (Phi) is 9.62. The quantitative estimate of drug-likeness (QED) is 0.319. The van der Waals surface area contributed by atoms with E-state index in [4.69, 9.17) is 14.5 Å². The maximum Gasteiger partial charge on any atom is 0.250 e. The Morgan fingerprint density at radius 1 is 1.25 bits per heavy atom. The van der Waals surface area contributed by atoms with Crippen molar-refractivity contribution in [3.05, 3.63) is 64.1 Å². The van der Waals surface area contributed by atoms with Crippen molar-refractivity contribution in [1.29, 1.82) is 0 Å². The standard InChI is InChI=1S/C25H36N4O3/c1-3-26-25(27-12-5-7-14-29-13-6-4-8-24(29)30)28-17-22-10-9-20(2)16-23(22)32-19-21-11-15-31-18-21/h4,6,8-10,13,16,21H,3,5,7,11-12,14-15,17-19H2,1-2H3,(H2,26,27,28). The highest BCUT2D eigenvalue weighted by Crippen LogP contribution is 2.23. The van der Waals surface area contributed by atoms with Crippen LogP contribution in [-0.4, -0.2) is 43.4 Å². The molecule has 1 fully saturated rings. The van der Waals surface area contributed by atoms with Crippen LogP contribution in [0.25, 0.3) is 0 Å². The lowest BCUT2D eigenvalue weighted by atomic mass is 10.1. The van der Waals surface area contributed by atoms with Crippen LogP contribution in [0, 0.1) is 12.8 Å². The molecule has 1 aromatic heterocycles. The van der Waals surface area contributed by atoms with Gasteiger partial charge in [0.1, 0.15) is 5.75 Å². The number of nitrogens with one attached hydrogen (secondary N) is 2. The summed E-state index contributed by atoms with van der Waals surface area (Å²) in [5.74, 6) is 2.17. The minimum atomic E-state index is 0.0481. The second kappa shape index (κ2) is 12.9. The molecule has 3 rings (SSSR count). The number of benzene rings is 1. The van der Waals surface area contributed by atoms with E-state index in [9.17, 15) is 4.79 Å². The minimum absolute atomic E-state index is 0.0481. The van der Waals surface area contributed by atoms with Crippen LogP contribution >= 0.6 is 0 Å². The second-order valence-electron chi connectivity index (χ2n) is 8.21. The van der Waals surface area contributed by atoms with E-state index in [0.717, 1.165) is 69.4 Å². The molecule has 1 aromatic carbocycles. The lowest BCUT2D eigenvalue weighted by molar-refractivity contribution is 0.166. The molecule has 0 aliphatic carbocycles. The molecule has 1 unspecified atom stereocenters. The number of hydrogen-bond acceptors (Lipinski definition) is 4. The van der Waals surface area contributed by atoms with Gasteiger partial charge in [-0.05, 0) is 50.8 Å². The van der Waals surface area contributed by atoms with Crippen molar-refractivity contribution in [2.24, 2.45) is 10.9 Å². The third-order valence-electron chi connectivity index (χ3n) is 5.49. The molecule has 0 amide bonds. The molecule has 1 aliphatic heterocycles. The predicted molar refractivity (Wildman–Crippen MR) is 128 cm³/mol. The van der Waals surface area contributed by atoms with Gasteiger partial charge in [0.25, 0.3) is 0 Å². The van der Waals surface area contributed by atoms with Gasteiger partial charge in [0.15, 0.2) is 5.96 Å². The van der Waals surface area contributed by atoms with E-state index in [0.29, 0.717) is 19.1 Å². The van der Waals surface area contributed by atoms with Gasteiger partial charge in [0.2, 0.25) is 5.56 Å². The summed E-state index contributed by atoms with van der Waals surface area (Å²) >= 11 is 0. The number of unbranched alkanes of at least 4 members (excludes halogenated alkanes) is 1. The van der Waals surface area contributed by atoms with Gasteiger partial charge in [0.05, 0.1) is 19.8 Å². The normalized spacial score (nSPS) is 16.2. The molecule has 0 spiro atoms. The fourth-order valence-corrected chi connectivity index (χ4v) is 3.61. The highest BCUT2D eigenvalue weighted by molar-refractivity contribution is 5.79. The molecule has 1 saturated heterocycles. The van der Waals surface area contributed by atoms with Crippen LogP contribution in [0.1, 0.15) is 37.3 Å². The van der Waals surface area contributed by atoms with E-state index in [1.165, 1.54) is 5.56 Å². The first-order valence-corrected chi connectivity index (χ1v) is 11.6. The summed E-state index contributed by atoms with van der Waals surface area (Å²) in [6.45, 7) is 9.30. The SMILES string of the molecule is CCNC(=NCc1ccc(C)cc1OCC1CCOC1)NCCCCn1ccccc1=O. The van der Waals surface area contributed by atoms with Crippen molar-refractivity contribution in [2.45, 2.75) is 46.2 Å². The second-order valence-corrected chi connectivity index (χ2v) is 8.21. The zero-order valence-corrected chi connectivity index (χ0v) is 19.3. The van der Waals surface area contributed by atoms with Crippen molar-refractivity contribution in [1.82, 2.24) is 15.2 Å². The maximum atomic E-state index is 11.8. The Morgan fingerprint density at radius 3 is 2.94 bits per heavy atom. The van der Waals surface area contributed by atoms with Gasteiger partial charge in [-0.3, -0.25) is 4.79 Å². The molecule has 2 heterocycles. The number of aryl methyl sites for hydroxylation is 2. The largest absolute Gasteiger partial charge is 0.493 e. The first-order valence-electron chi connectivity index (χ1n) is 11.6. The number of hydrogen-bond donors (Lipinski definition) is 2. The van der Waals surface area contributed by atoms with Gasteiger partial charge in [-0.1, -0.05) is 18.2 Å². The molecular weight excluding hydrogens is 404 g/mol. The summed E-state index contributed by atoms with van der Waals surface area (Å²) < 4.78 is 13.3. The van der Waals surface area contributed by atoms with Crippen LogP contribution in [-0.2, 0) is 17.8 Å². The van der Waals surface area contributed by atoms with Gasteiger partial charge in [0, 0.05) is 50.0 Å². The zero-order chi connectivity index (χ0) is 22.6. The molecule has 2 N–H and O–H groups in total. The summed E-state index contributed by atoms with van der Waals surface area (Å²) in [4.78, 5) is 16.5. The van der Waals surface area contributed by atoms with E-state index < -0.39 is 0 Å². The summed E-state index contributed by atoms with van der Waals surface area (Å²) in [5, 5.41) is 6.70. The monoisotopic (exact) mass is 440 g/mol. The van der Waals surface area contributed by atoms with Crippen molar-refractivity contribution in [2.75, 3.05) is 32.9 Å². The molecule has 32 heavy (non-hydrogen) atoms.